The Morgan fingerprint density at radius 3 is 2.62 bits per heavy atom. The average Bonchev–Trinajstić information content (AvgIpc) is 2.20. The molecule has 0 aromatic carbocycles. The Bertz CT molecular complexity index is 226. The molecule has 2 rings (SSSR count). The fourth-order valence-electron chi connectivity index (χ4n) is 2.21. The third-order valence-corrected chi connectivity index (χ3v) is 3.14. The quantitative estimate of drug-likeness (QED) is 0.634. The van der Waals surface area contributed by atoms with Gasteiger partial charge in [-0.15, -0.1) is 0 Å². The van der Waals surface area contributed by atoms with Gasteiger partial charge < -0.3 is 10.4 Å². The minimum Gasteiger partial charge on any atom is -0.389 e. The maximum atomic E-state index is 10.4. The first-order chi connectivity index (χ1) is 6.31. The zero-order chi connectivity index (χ0) is 9.15. The normalized spacial score (nSPS) is 31.9. The predicted octanol–water partition coefficient (Wildman–Crippen LogP) is 1.23. The fraction of sp³-hybridized carbons (Fsp3) is 0.636. The van der Waals surface area contributed by atoms with Crippen molar-refractivity contribution in [1.29, 1.82) is 0 Å². The van der Waals surface area contributed by atoms with E-state index in [-0.39, 0.29) is 0 Å². The minimum absolute atomic E-state index is 0.333. The predicted molar refractivity (Wildman–Crippen MR) is 53.4 cm³/mol. The molecule has 1 atom stereocenters. The molecule has 0 spiro atoms. The molecular formula is C11H17NO. The summed E-state index contributed by atoms with van der Waals surface area (Å²) in [6, 6.07) is 0. The maximum Gasteiger partial charge on any atom is 0.0737 e. The van der Waals surface area contributed by atoms with Crippen molar-refractivity contribution in [3.8, 4) is 0 Å². The number of aliphatic hydroxyl groups is 1. The van der Waals surface area contributed by atoms with Crippen molar-refractivity contribution >= 4 is 0 Å². The highest BCUT2D eigenvalue weighted by atomic mass is 16.3. The third-order valence-electron chi connectivity index (χ3n) is 3.14. The van der Waals surface area contributed by atoms with Gasteiger partial charge in [-0.25, -0.2) is 0 Å². The van der Waals surface area contributed by atoms with Crippen LogP contribution in [0.2, 0.25) is 0 Å². The topological polar surface area (TPSA) is 32.3 Å². The second-order valence-electron chi connectivity index (χ2n) is 4.01. The highest BCUT2D eigenvalue weighted by molar-refractivity contribution is 5.15. The number of allylic oxidation sites excluding steroid dienone is 3. The average molecular weight is 179 g/mol. The molecule has 0 aromatic rings. The van der Waals surface area contributed by atoms with Crippen molar-refractivity contribution < 1.29 is 5.11 Å². The zero-order valence-corrected chi connectivity index (χ0v) is 7.87. The summed E-state index contributed by atoms with van der Waals surface area (Å²) in [6.07, 6.45) is 11.2. The molecule has 2 heteroatoms. The van der Waals surface area contributed by atoms with Crippen molar-refractivity contribution in [2.45, 2.75) is 24.9 Å². The first-order valence-corrected chi connectivity index (χ1v) is 5.08. The van der Waals surface area contributed by atoms with Crippen LogP contribution < -0.4 is 5.32 Å². The Hall–Kier alpha value is -0.600. The molecule has 1 fully saturated rings. The molecule has 1 aliphatic carbocycles. The monoisotopic (exact) mass is 179 g/mol. The lowest BCUT2D eigenvalue weighted by Crippen LogP contribution is -2.46. The Labute approximate surface area is 79.3 Å². The summed E-state index contributed by atoms with van der Waals surface area (Å²) in [5.41, 5.74) is -0.452. The Balaban J connectivity index is 2.04. The van der Waals surface area contributed by atoms with Crippen LogP contribution in [0.4, 0.5) is 0 Å². The lowest BCUT2D eigenvalue weighted by Gasteiger charge is -2.38. The molecule has 1 aliphatic heterocycles. The van der Waals surface area contributed by atoms with E-state index in [1.54, 1.807) is 0 Å². The zero-order valence-electron chi connectivity index (χ0n) is 7.87. The molecule has 1 unspecified atom stereocenters. The van der Waals surface area contributed by atoms with Gasteiger partial charge in [0.1, 0.15) is 0 Å². The summed E-state index contributed by atoms with van der Waals surface area (Å²) in [5, 5.41) is 13.6. The summed E-state index contributed by atoms with van der Waals surface area (Å²) in [4.78, 5) is 0. The van der Waals surface area contributed by atoms with E-state index < -0.39 is 5.60 Å². The Morgan fingerprint density at radius 2 is 2.00 bits per heavy atom. The van der Waals surface area contributed by atoms with Gasteiger partial charge in [0, 0.05) is 5.92 Å². The van der Waals surface area contributed by atoms with Gasteiger partial charge >= 0.3 is 0 Å². The lowest BCUT2D eigenvalue weighted by atomic mass is 9.77. The lowest BCUT2D eigenvalue weighted by molar-refractivity contribution is -0.0266. The number of piperidine rings is 1. The van der Waals surface area contributed by atoms with E-state index in [0.717, 1.165) is 32.4 Å². The molecule has 0 aromatic heterocycles. The molecule has 2 N–H and O–H groups in total. The molecule has 2 aliphatic rings. The number of rotatable bonds is 1. The van der Waals surface area contributed by atoms with Gasteiger partial charge in [-0.1, -0.05) is 24.3 Å². The summed E-state index contributed by atoms with van der Waals surface area (Å²) in [5.74, 6) is 0.333. The van der Waals surface area contributed by atoms with E-state index in [1.165, 1.54) is 0 Å². The van der Waals surface area contributed by atoms with Gasteiger partial charge in [-0.3, -0.25) is 0 Å². The second-order valence-corrected chi connectivity index (χ2v) is 4.01. The van der Waals surface area contributed by atoms with Crippen LogP contribution in [-0.2, 0) is 0 Å². The van der Waals surface area contributed by atoms with Crippen molar-refractivity contribution in [3.05, 3.63) is 24.3 Å². The molecule has 0 saturated carbocycles. The number of hydrogen-bond donors (Lipinski definition) is 2. The smallest absolute Gasteiger partial charge is 0.0737 e. The molecule has 2 nitrogen and oxygen atoms in total. The van der Waals surface area contributed by atoms with Gasteiger partial charge in [0.15, 0.2) is 0 Å². The summed E-state index contributed by atoms with van der Waals surface area (Å²) >= 11 is 0. The van der Waals surface area contributed by atoms with E-state index in [4.69, 9.17) is 0 Å². The van der Waals surface area contributed by atoms with Crippen molar-refractivity contribution in [2.24, 2.45) is 5.92 Å². The SMILES string of the molecule is OC1(C2C=CC=CC2)CCNCC1. The van der Waals surface area contributed by atoms with Crippen LogP contribution in [0.3, 0.4) is 0 Å². The molecule has 1 saturated heterocycles. The van der Waals surface area contributed by atoms with Crippen molar-refractivity contribution in [3.63, 3.8) is 0 Å². The van der Waals surface area contributed by atoms with Gasteiger partial charge in [0.05, 0.1) is 5.60 Å². The van der Waals surface area contributed by atoms with Gasteiger partial charge in [-0.05, 0) is 32.4 Å². The number of hydrogen-bond acceptors (Lipinski definition) is 2. The Morgan fingerprint density at radius 1 is 1.23 bits per heavy atom. The van der Waals surface area contributed by atoms with E-state index >= 15 is 0 Å². The van der Waals surface area contributed by atoms with Crippen LogP contribution in [0.25, 0.3) is 0 Å². The van der Waals surface area contributed by atoms with E-state index in [0.29, 0.717) is 5.92 Å². The van der Waals surface area contributed by atoms with Crippen molar-refractivity contribution in [1.82, 2.24) is 5.32 Å². The van der Waals surface area contributed by atoms with E-state index in [2.05, 4.69) is 23.5 Å². The fourth-order valence-corrected chi connectivity index (χ4v) is 2.21. The second kappa shape index (κ2) is 3.64. The molecule has 1 heterocycles. The Kier molecular flexibility index (Phi) is 2.51. The van der Waals surface area contributed by atoms with E-state index in [1.807, 2.05) is 6.08 Å². The minimum atomic E-state index is -0.452. The number of nitrogens with one attached hydrogen (secondary N) is 1. The highest BCUT2D eigenvalue weighted by Crippen LogP contribution is 2.32. The molecule has 0 amide bonds. The largest absolute Gasteiger partial charge is 0.389 e. The first-order valence-electron chi connectivity index (χ1n) is 5.08. The maximum absolute atomic E-state index is 10.4. The molecule has 72 valence electrons. The molecular weight excluding hydrogens is 162 g/mol. The van der Waals surface area contributed by atoms with Crippen molar-refractivity contribution in [2.75, 3.05) is 13.1 Å². The van der Waals surface area contributed by atoms with Crippen LogP contribution in [0.15, 0.2) is 24.3 Å². The van der Waals surface area contributed by atoms with E-state index in [9.17, 15) is 5.11 Å². The van der Waals surface area contributed by atoms with Gasteiger partial charge in [-0.2, -0.15) is 0 Å². The molecule has 13 heavy (non-hydrogen) atoms. The van der Waals surface area contributed by atoms with Crippen LogP contribution in [0.1, 0.15) is 19.3 Å². The van der Waals surface area contributed by atoms with Crippen LogP contribution >= 0.6 is 0 Å². The standard InChI is InChI=1S/C11H17NO/c13-11(6-8-12-9-7-11)10-4-2-1-3-5-10/h1-4,10,12-13H,5-9H2. The van der Waals surface area contributed by atoms with Gasteiger partial charge in [0.25, 0.3) is 0 Å². The summed E-state index contributed by atoms with van der Waals surface area (Å²) in [6.45, 7) is 1.90. The summed E-state index contributed by atoms with van der Waals surface area (Å²) in [7, 11) is 0. The molecule has 0 bridgehead atoms. The third kappa shape index (κ3) is 1.84. The van der Waals surface area contributed by atoms with Crippen LogP contribution in [-0.4, -0.2) is 23.8 Å². The highest BCUT2D eigenvalue weighted by Gasteiger charge is 2.35. The molecule has 0 radical (unpaired) electrons. The first kappa shape index (κ1) is 8.97. The summed E-state index contributed by atoms with van der Waals surface area (Å²) < 4.78 is 0. The van der Waals surface area contributed by atoms with Crippen LogP contribution in [0, 0.1) is 5.92 Å². The van der Waals surface area contributed by atoms with Gasteiger partial charge in [0.2, 0.25) is 0 Å². The van der Waals surface area contributed by atoms with Crippen LogP contribution in [0.5, 0.6) is 0 Å².